The molecule has 3 rings (SSSR count). The predicted molar refractivity (Wildman–Crippen MR) is 74.5 cm³/mol. The van der Waals surface area contributed by atoms with Gasteiger partial charge < -0.3 is 9.84 Å². The number of β-amino-alcohol motifs (C(OH)–C–C–N with tert-alkyl or cyclic N) is 1. The van der Waals surface area contributed by atoms with Crippen LogP contribution in [0.25, 0.3) is 0 Å². The van der Waals surface area contributed by atoms with Gasteiger partial charge in [-0.15, -0.1) is 0 Å². The molecule has 0 radical (unpaired) electrons. The first-order chi connectivity index (χ1) is 10.2. The van der Waals surface area contributed by atoms with E-state index in [1.54, 1.807) is 10.9 Å². The molecule has 2 aromatic heterocycles. The van der Waals surface area contributed by atoms with E-state index < -0.39 is 6.10 Å². The number of aliphatic hydroxyl groups is 1. The summed E-state index contributed by atoms with van der Waals surface area (Å²) in [4.78, 5) is 6.49. The number of aromatic nitrogens is 5. The Balaban J connectivity index is 1.53. The van der Waals surface area contributed by atoms with E-state index in [4.69, 9.17) is 4.74 Å². The number of aryl methyl sites for hydroxylation is 1. The maximum atomic E-state index is 10.2. The molecule has 0 aliphatic carbocycles. The molecule has 21 heavy (non-hydrogen) atoms. The summed E-state index contributed by atoms with van der Waals surface area (Å²) in [6, 6.07) is 1.85. The molecule has 2 N–H and O–H groups in total. The smallest absolute Gasteiger partial charge is 0.180 e. The van der Waals surface area contributed by atoms with E-state index >= 15 is 0 Å². The number of hydrogen-bond acceptors (Lipinski definition) is 6. The van der Waals surface area contributed by atoms with Crippen molar-refractivity contribution in [2.45, 2.75) is 25.7 Å². The lowest BCUT2D eigenvalue weighted by molar-refractivity contribution is -0.0473. The molecule has 8 nitrogen and oxygen atoms in total. The van der Waals surface area contributed by atoms with Crippen LogP contribution in [-0.4, -0.2) is 67.3 Å². The molecule has 0 spiro atoms. The van der Waals surface area contributed by atoms with Gasteiger partial charge >= 0.3 is 0 Å². The number of rotatable bonds is 5. The lowest BCUT2D eigenvalue weighted by Crippen LogP contribution is -2.43. The molecule has 0 bridgehead atoms. The molecule has 1 saturated heterocycles. The number of nitrogens with zero attached hydrogens (tertiary/aromatic N) is 5. The summed E-state index contributed by atoms with van der Waals surface area (Å²) in [5.74, 6) is 1.46. The number of aromatic amines is 1. The molecular formula is C13H20N6O2. The molecule has 8 heteroatoms. The lowest BCUT2D eigenvalue weighted by Gasteiger charge is -2.32. The SMILES string of the molecule is Cc1nc([C@@H]2CN(C[C@@H](O)Cn3cccn3)CCO2)n[nH]1. The molecule has 0 amide bonds. The predicted octanol–water partition coefficient (Wildman–Crippen LogP) is -0.256. The van der Waals surface area contributed by atoms with Crippen LogP contribution in [0.15, 0.2) is 18.5 Å². The fraction of sp³-hybridized carbons (Fsp3) is 0.615. The van der Waals surface area contributed by atoms with Crippen LogP contribution in [-0.2, 0) is 11.3 Å². The van der Waals surface area contributed by atoms with E-state index in [2.05, 4.69) is 25.2 Å². The zero-order chi connectivity index (χ0) is 14.7. The second-order valence-electron chi connectivity index (χ2n) is 5.28. The molecular weight excluding hydrogens is 272 g/mol. The summed E-state index contributed by atoms with van der Waals surface area (Å²) in [5.41, 5.74) is 0. The van der Waals surface area contributed by atoms with Gasteiger partial charge in [0.2, 0.25) is 0 Å². The van der Waals surface area contributed by atoms with Gasteiger partial charge in [0.05, 0.1) is 19.3 Å². The van der Waals surface area contributed by atoms with Gasteiger partial charge in [-0.2, -0.15) is 10.2 Å². The quantitative estimate of drug-likeness (QED) is 0.789. The van der Waals surface area contributed by atoms with Crippen LogP contribution in [0.1, 0.15) is 17.8 Å². The van der Waals surface area contributed by atoms with Crippen LogP contribution in [0.5, 0.6) is 0 Å². The fourth-order valence-corrected chi connectivity index (χ4v) is 2.51. The minimum absolute atomic E-state index is 0.138. The first kappa shape index (κ1) is 14.2. The van der Waals surface area contributed by atoms with Gasteiger partial charge in [0.25, 0.3) is 0 Å². The van der Waals surface area contributed by atoms with E-state index in [0.29, 0.717) is 32.1 Å². The Hall–Kier alpha value is -1.77. The third-order valence-corrected chi connectivity index (χ3v) is 3.48. The second kappa shape index (κ2) is 6.33. The molecule has 3 heterocycles. The molecule has 0 aromatic carbocycles. The van der Waals surface area contributed by atoms with Crippen molar-refractivity contribution in [2.75, 3.05) is 26.2 Å². The van der Waals surface area contributed by atoms with Crippen molar-refractivity contribution < 1.29 is 9.84 Å². The molecule has 0 unspecified atom stereocenters. The van der Waals surface area contributed by atoms with Crippen LogP contribution in [0.3, 0.4) is 0 Å². The van der Waals surface area contributed by atoms with Gasteiger partial charge in [-0.05, 0) is 13.0 Å². The monoisotopic (exact) mass is 292 g/mol. The van der Waals surface area contributed by atoms with Crippen molar-refractivity contribution in [1.82, 2.24) is 29.9 Å². The van der Waals surface area contributed by atoms with Crippen molar-refractivity contribution in [3.05, 3.63) is 30.1 Å². The van der Waals surface area contributed by atoms with Gasteiger partial charge in [0, 0.05) is 32.0 Å². The first-order valence-electron chi connectivity index (χ1n) is 7.09. The van der Waals surface area contributed by atoms with Gasteiger partial charge in [-0.25, -0.2) is 4.98 Å². The zero-order valence-electron chi connectivity index (χ0n) is 12.0. The number of ether oxygens (including phenoxy) is 1. The highest BCUT2D eigenvalue weighted by atomic mass is 16.5. The Morgan fingerprint density at radius 2 is 2.43 bits per heavy atom. The molecule has 0 saturated carbocycles. The number of aliphatic hydroxyl groups excluding tert-OH is 1. The van der Waals surface area contributed by atoms with Gasteiger partial charge in [0.15, 0.2) is 5.82 Å². The van der Waals surface area contributed by atoms with E-state index in [1.165, 1.54) is 0 Å². The maximum Gasteiger partial charge on any atom is 0.180 e. The minimum atomic E-state index is -0.461. The molecule has 1 aliphatic heterocycles. The van der Waals surface area contributed by atoms with Gasteiger partial charge in [-0.3, -0.25) is 14.7 Å². The van der Waals surface area contributed by atoms with E-state index in [1.807, 2.05) is 19.2 Å². The molecule has 2 aromatic rings. The highest BCUT2D eigenvalue weighted by Crippen LogP contribution is 2.19. The largest absolute Gasteiger partial charge is 0.390 e. The Kier molecular flexibility index (Phi) is 4.28. The van der Waals surface area contributed by atoms with Crippen molar-refractivity contribution in [3.8, 4) is 0 Å². The molecule has 1 aliphatic rings. The topological polar surface area (TPSA) is 92.1 Å². The van der Waals surface area contributed by atoms with Gasteiger partial charge in [-0.1, -0.05) is 0 Å². The third kappa shape index (κ3) is 3.66. The van der Waals surface area contributed by atoms with Crippen molar-refractivity contribution in [2.24, 2.45) is 0 Å². The highest BCUT2D eigenvalue weighted by molar-refractivity contribution is 4.95. The molecule has 114 valence electrons. The lowest BCUT2D eigenvalue weighted by atomic mass is 10.2. The Morgan fingerprint density at radius 3 is 3.14 bits per heavy atom. The zero-order valence-corrected chi connectivity index (χ0v) is 12.0. The first-order valence-corrected chi connectivity index (χ1v) is 7.09. The summed E-state index contributed by atoms with van der Waals surface area (Å²) in [5, 5.41) is 21.2. The molecule has 2 atom stereocenters. The molecule has 1 fully saturated rings. The van der Waals surface area contributed by atoms with Crippen molar-refractivity contribution in [3.63, 3.8) is 0 Å². The van der Waals surface area contributed by atoms with Crippen LogP contribution in [0.4, 0.5) is 0 Å². The van der Waals surface area contributed by atoms with Crippen molar-refractivity contribution in [1.29, 1.82) is 0 Å². The number of hydrogen-bond donors (Lipinski definition) is 2. The normalized spacial score (nSPS) is 21.5. The van der Waals surface area contributed by atoms with Gasteiger partial charge in [0.1, 0.15) is 11.9 Å². The summed E-state index contributed by atoms with van der Waals surface area (Å²) in [6.07, 6.45) is 2.96. The minimum Gasteiger partial charge on any atom is -0.390 e. The average molecular weight is 292 g/mol. The fourth-order valence-electron chi connectivity index (χ4n) is 2.51. The number of H-pyrrole nitrogens is 1. The van der Waals surface area contributed by atoms with Crippen LogP contribution in [0, 0.1) is 6.92 Å². The van der Waals surface area contributed by atoms with E-state index in [0.717, 1.165) is 12.4 Å². The van der Waals surface area contributed by atoms with Crippen LogP contribution >= 0.6 is 0 Å². The summed E-state index contributed by atoms with van der Waals surface area (Å²) in [7, 11) is 0. The van der Waals surface area contributed by atoms with Crippen LogP contribution in [0.2, 0.25) is 0 Å². The Morgan fingerprint density at radius 1 is 1.52 bits per heavy atom. The summed E-state index contributed by atoms with van der Waals surface area (Å²) >= 11 is 0. The summed E-state index contributed by atoms with van der Waals surface area (Å²) < 4.78 is 7.45. The Labute approximate surface area is 122 Å². The summed E-state index contributed by atoms with van der Waals surface area (Å²) in [6.45, 7) is 5.05. The van der Waals surface area contributed by atoms with Crippen LogP contribution < -0.4 is 0 Å². The Bertz CT molecular complexity index is 555. The average Bonchev–Trinajstić information content (AvgIpc) is 3.10. The number of morpholine rings is 1. The standard InChI is InChI=1S/C13H20N6O2/c1-10-15-13(17-16-10)12-9-18(5-6-21-12)7-11(20)8-19-4-2-3-14-19/h2-4,11-12,20H,5-9H2,1H3,(H,15,16,17)/t11-,12+/m1/s1. The van der Waals surface area contributed by atoms with Crippen molar-refractivity contribution >= 4 is 0 Å². The number of nitrogens with one attached hydrogen (secondary N) is 1. The third-order valence-electron chi connectivity index (χ3n) is 3.48. The maximum absolute atomic E-state index is 10.2. The van der Waals surface area contributed by atoms with E-state index in [9.17, 15) is 5.11 Å². The highest BCUT2D eigenvalue weighted by Gasteiger charge is 2.26. The van der Waals surface area contributed by atoms with E-state index in [-0.39, 0.29) is 6.10 Å². The second-order valence-corrected chi connectivity index (χ2v) is 5.28.